The van der Waals surface area contributed by atoms with E-state index in [-0.39, 0.29) is 6.04 Å². The molecule has 0 radical (unpaired) electrons. The van der Waals surface area contributed by atoms with Crippen LogP contribution >= 0.6 is 0 Å². The average molecular weight is 192 g/mol. The molecule has 0 bridgehead atoms. The number of carbonyl (C=O) groups is 1. The molecule has 14 heavy (non-hydrogen) atoms. The first-order chi connectivity index (χ1) is 7.22. The molecule has 0 aliphatic carbocycles. The van der Waals surface area contributed by atoms with Crippen molar-refractivity contribution in [3.05, 3.63) is 34.9 Å². The Morgan fingerprint density at radius 2 is 2.50 bits per heavy atom. The highest BCUT2D eigenvalue weighted by molar-refractivity contribution is 5.89. The van der Waals surface area contributed by atoms with Crippen molar-refractivity contribution in [2.24, 2.45) is 0 Å². The zero-order valence-corrected chi connectivity index (χ0v) is 8.09. The molecular weight excluding hydrogens is 178 g/mol. The summed E-state index contributed by atoms with van der Waals surface area (Å²) in [5.74, 6) is -0.429. The van der Waals surface area contributed by atoms with Gasteiger partial charge >= 0.3 is 5.97 Å². The highest BCUT2D eigenvalue weighted by Crippen LogP contribution is 2.16. The molecule has 1 N–H and O–H groups in total. The van der Waals surface area contributed by atoms with Crippen LogP contribution in [0.15, 0.2) is 18.2 Å². The maximum atomic E-state index is 11.4. The number of hydrogen-bond donors (Lipinski definition) is 1. The number of esters is 1. The third-order valence-corrected chi connectivity index (χ3v) is 2.42. The topological polar surface area (TPSA) is 38.3 Å². The summed E-state index contributed by atoms with van der Waals surface area (Å²) in [4.78, 5) is 11.4. The molecule has 0 unspecified atom stereocenters. The van der Waals surface area contributed by atoms with Crippen LogP contribution < -0.4 is 5.32 Å². The van der Waals surface area contributed by atoms with E-state index in [9.17, 15) is 4.79 Å². The van der Waals surface area contributed by atoms with Gasteiger partial charge in [0.1, 0.15) is 0 Å². The van der Waals surface area contributed by atoms with Gasteiger partial charge in [0, 0.05) is 6.54 Å². The van der Waals surface area contributed by atoms with Crippen molar-refractivity contribution < 1.29 is 10.9 Å². The van der Waals surface area contributed by atoms with Crippen LogP contribution in [0.2, 0.25) is 0 Å². The molecule has 0 saturated carbocycles. The molecule has 2 rings (SSSR count). The van der Waals surface area contributed by atoms with Gasteiger partial charge < -0.3 is 10.1 Å². The van der Waals surface area contributed by atoms with Gasteiger partial charge in [-0.25, -0.2) is 4.79 Å². The van der Waals surface area contributed by atoms with Crippen LogP contribution in [0.1, 0.15) is 22.9 Å². The number of benzene rings is 1. The smallest absolute Gasteiger partial charge is 0.337 e. The van der Waals surface area contributed by atoms with E-state index in [1.54, 1.807) is 12.1 Å². The minimum atomic E-state index is -0.429. The van der Waals surface area contributed by atoms with Crippen LogP contribution in [0, 0.1) is 0 Å². The SMILES string of the molecule is [2H]c1cc2c(cc1C(=O)OC)CCNC2. The van der Waals surface area contributed by atoms with Gasteiger partial charge in [-0.05, 0) is 36.2 Å². The van der Waals surface area contributed by atoms with Gasteiger partial charge in [-0.15, -0.1) is 0 Å². The van der Waals surface area contributed by atoms with Gasteiger partial charge in [-0.1, -0.05) is 6.07 Å². The van der Waals surface area contributed by atoms with Crippen LogP contribution in [0.4, 0.5) is 0 Å². The van der Waals surface area contributed by atoms with E-state index in [1.165, 1.54) is 7.11 Å². The van der Waals surface area contributed by atoms with E-state index >= 15 is 0 Å². The number of rotatable bonds is 1. The summed E-state index contributed by atoms with van der Waals surface area (Å²) in [7, 11) is 1.34. The van der Waals surface area contributed by atoms with Gasteiger partial charge in [-0.2, -0.15) is 0 Å². The lowest BCUT2D eigenvalue weighted by Gasteiger charge is -2.17. The van der Waals surface area contributed by atoms with Gasteiger partial charge in [0.15, 0.2) is 0 Å². The van der Waals surface area contributed by atoms with Crippen LogP contribution in [0.3, 0.4) is 0 Å². The molecule has 1 aromatic rings. The lowest BCUT2D eigenvalue weighted by Crippen LogP contribution is -2.23. The lowest BCUT2D eigenvalue weighted by molar-refractivity contribution is 0.0600. The van der Waals surface area contributed by atoms with E-state index in [0.29, 0.717) is 5.56 Å². The second-order valence-corrected chi connectivity index (χ2v) is 3.32. The maximum absolute atomic E-state index is 11.4. The first-order valence-electron chi connectivity index (χ1n) is 5.14. The zero-order valence-electron chi connectivity index (χ0n) is 9.09. The van der Waals surface area contributed by atoms with Crippen molar-refractivity contribution in [2.75, 3.05) is 13.7 Å². The molecule has 0 spiro atoms. The second-order valence-electron chi connectivity index (χ2n) is 3.32. The molecule has 1 aliphatic heterocycles. The number of fused-ring (bicyclic) bond motifs is 1. The van der Waals surface area contributed by atoms with Gasteiger partial charge in [0.05, 0.1) is 14.0 Å². The summed E-state index contributed by atoms with van der Waals surface area (Å²) in [6.45, 7) is 1.70. The molecule has 0 aromatic heterocycles. The summed E-state index contributed by atoms with van der Waals surface area (Å²) < 4.78 is 12.3. The fraction of sp³-hybridized carbons (Fsp3) is 0.364. The van der Waals surface area contributed by atoms with E-state index in [2.05, 4.69) is 10.1 Å². The third kappa shape index (κ3) is 1.63. The Hall–Kier alpha value is -1.35. The third-order valence-electron chi connectivity index (χ3n) is 2.42. The normalized spacial score (nSPS) is 15.6. The maximum Gasteiger partial charge on any atom is 0.337 e. The fourth-order valence-corrected chi connectivity index (χ4v) is 1.64. The van der Waals surface area contributed by atoms with Crippen LogP contribution in [-0.2, 0) is 17.7 Å². The standard InChI is InChI=1S/C11H13NO2/c1-14-11(13)9-2-3-10-7-12-5-4-8(10)6-9/h2-3,6,12H,4-5,7H2,1H3/i2D. The van der Waals surface area contributed by atoms with Crippen molar-refractivity contribution in [3.63, 3.8) is 0 Å². The Kier molecular flexibility index (Phi) is 2.17. The molecule has 0 fully saturated rings. The fourth-order valence-electron chi connectivity index (χ4n) is 1.64. The van der Waals surface area contributed by atoms with Crippen molar-refractivity contribution in [3.8, 4) is 0 Å². The second kappa shape index (κ2) is 3.80. The molecule has 74 valence electrons. The van der Waals surface area contributed by atoms with Crippen molar-refractivity contribution in [1.29, 1.82) is 0 Å². The molecule has 0 amide bonds. The summed E-state index contributed by atoms with van der Waals surface area (Å²) in [5, 5.41) is 3.23. The van der Waals surface area contributed by atoms with E-state index in [4.69, 9.17) is 1.37 Å². The molecule has 1 heterocycles. The van der Waals surface area contributed by atoms with Gasteiger partial charge in [-0.3, -0.25) is 0 Å². The van der Waals surface area contributed by atoms with Gasteiger partial charge in [0.25, 0.3) is 0 Å². The molecule has 0 atom stereocenters. The minimum Gasteiger partial charge on any atom is -0.465 e. The minimum absolute atomic E-state index is 0.240. The monoisotopic (exact) mass is 192 g/mol. The summed E-state index contributed by atoms with van der Waals surface area (Å²) in [6.07, 6.45) is 0.902. The Balaban J connectivity index is 2.44. The van der Waals surface area contributed by atoms with E-state index < -0.39 is 5.97 Å². The van der Waals surface area contributed by atoms with Gasteiger partial charge in [0.2, 0.25) is 0 Å². The molecule has 3 nitrogen and oxygen atoms in total. The predicted octanol–water partition coefficient (Wildman–Crippen LogP) is 1.12. The lowest BCUT2D eigenvalue weighted by atomic mass is 9.98. The summed E-state index contributed by atoms with van der Waals surface area (Å²) >= 11 is 0. The molecule has 0 saturated heterocycles. The zero-order chi connectivity index (χ0) is 10.8. The molecule has 3 heteroatoms. The van der Waals surface area contributed by atoms with Crippen LogP contribution in [0.5, 0.6) is 0 Å². The Morgan fingerprint density at radius 1 is 1.64 bits per heavy atom. The summed E-state index contributed by atoms with van der Waals surface area (Å²) in [6, 6.07) is 3.77. The quantitative estimate of drug-likeness (QED) is 0.677. The van der Waals surface area contributed by atoms with E-state index in [1.807, 2.05) is 0 Å². The molecular formula is C11H13NO2. The van der Waals surface area contributed by atoms with E-state index in [0.717, 1.165) is 30.6 Å². The molecule has 1 aromatic carbocycles. The molecule has 1 aliphatic rings. The number of ether oxygens (including phenoxy) is 1. The Morgan fingerprint density at radius 3 is 3.29 bits per heavy atom. The number of carbonyl (C=O) groups excluding carboxylic acids is 1. The predicted molar refractivity (Wildman–Crippen MR) is 53.2 cm³/mol. The summed E-state index contributed by atoms with van der Waals surface area (Å²) in [5.41, 5.74) is 2.61. The first-order valence-corrected chi connectivity index (χ1v) is 4.64. The average Bonchev–Trinajstić information content (AvgIpc) is 2.27. The largest absolute Gasteiger partial charge is 0.465 e. The Labute approximate surface area is 84.5 Å². The number of methoxy groups -OCH3 is 1. The highest BCUT2D eigenvalue weighted by atomic mass is 16.5. The first kappa shape index (κ1) is 8.00. The van der Waals surface area contributed by atoms with Crippen molar-refractivity contribution in [1.82, 2.24) is 5.32 Å². The Bertz CT molecular complexity index is 404. The van der Waals surface area contributed by atoms with Crippen molar-refractivity contribution in [2.45, 2.75) is 13.0 Å². The number of hydrogen-bond acceptors (Lipinski definition) is 3. The highest BCUT2D eigenvalue weighted by Gasteiger charge is 2.12. The van der Waals surface area contributed by atoms with Crippen LogP contribution in [-0.4, -0.2) is 19.6 Å². The van der Waals surface area contributed by atoms with Crippen LogP contribution in [0.25, 0.3) is 0 Å². The number of nitrogens with one attached hydrogen (secondary N) is 1. The van der Waals surface area contributed by atoms with Crippen molar-refractivity contribution >= 4 is 5.97 Å².